The summed E-state index contributed by atoms with van der Waals surface area (Å²) < 4.78 is 5.11. The lowest BCUT2D eigenvalue weighted by atomic mass is 10.1. The van der Waals surface area contributed by atoms with Crippen LogP contribution in [0.3, 0.4) is 0 Å². The second-order valence-corrected chi connectivity index (χ2v) is 5.58. The standard InChI is InChI=1S/C13H16N2O3S/c1-4-5-10-12(13(16)17)14-11(19-10)6-9-7(2)15-18-8(9)3/h4-6H2,1-3H3,(H,16,17). The molecular weight excluding hydrogens is 264 g/mol. The maximum Gasteiger partial charge on any atom is 0.355 e. The minimum atomic E-state index is -0.954. The number of hydrogen-bond donors (Lipinski definition) is 1. The van der Waals surface area contributed by atoms with E-state index in [0.29, 0.717) is 6.42 Å². The number of rotatable bonds is 5. The molecule has 6 heteroatoms. The van der Waals surface area contributed by atoms with Crippen LogP contribution in [0.25, 0.3) is 0 Å². The molecule has 0 bridgehead atoms. The van der Waals surface area contributed by atoms with E-state index >= 15 is 0 Å². The van der Waals surface area contributed by atoms with Gasteiger partial charge in [0.1, 0.15) is 5.76 Å². The summed E-state index contributed by atoms with van der Waals surface area (Å²) in [6.45, 7) is 5.76. The van der Waals surface area contributed by atoms with Crippen molar-refractivity contribution in [2.45, 2.75) is 40.0 Å². The van der Waals surface area contributed by atoms with Crippen LogP contribution < -0.4 is 0 Å². The van der Waals surface area contributed by atoms with Gasteiger partial charge in [-0.25, -0.2) is 9.78 Å². The first-order valence-corrected chi connectivity index (χ1v) is 6.98. The Morgan fingerprint density at radius 3 is 2.68 bits per heavy atom. The Labute approximate surface area is 115 Å². The lowest BCUT2D eigenvalue weighted by Gasteiger charge is -1.94. The number of nitrogens with zero attached hydrogens (tertiary/aromatic N) is 2. The SMILES string of the molecule is CCCc1sc(Cc2c(C)noc2C)nc1C(=O)O. The van der Waals surface area contributed by atoms with Crippen molar-refractivity contribution < 1.29 is 14.4 Å². The number of carbonyl (C=O) groups is 1. The number of carboxylic acids is 1. The number of hydrogen-bond acceptors (Lipinski definition) is 5. The summed E-state index contributed by atoms with van der Waals surface area (Å²) in [6, 6.07) is 0. The average molecular weight is 280 g/mol. The first-order valence-electron chi connectivity index (χ1n) is 6.16. The molecule has 0 fully saturated rings. The summed E-state index contributed by atoms with van der Waals surface area (Å²) in [4.78, 5) is 16.2. The molecule has 0 aliphatic rings. The monoisotopic (exact) mass is 280 g/mol. The molecule has 0 saturated carbocycles. The van der Waals surface area contributed by atoms with E-state index in [4.69, 9.17) is 9.63 Å². The smallest absolute Gasteiger partial charge is 0.355 e. The zero-order chi connectivity index (χ0) is 14.0. The van der Waals surface area contributed by atoms with Crippen molar-refractivity contribution in [1.82, 2.24) is 10.1 Å². The van der Waals surface area contributed by atoms with Gasteiger partial charge in [-0.15, -0.1) is 11.3 Å². The number of thiazole rings is 1. The largest absolute Gasteiger partial charge is 0.476 e. The van der Waals surface area contributed by atoms with Crippen molar-refractivity contribution >= 4 is 17.3 Å². The van der Waals surface area contributed by atoms with Gasteiger partial charge < -0.3 is 9.63 Å². The van der Waals surface area contributed by atoms with E-state index in [-0.39, 0.29) is 5.69 Å². The van der Waals surface area contributed by atoms with E-state index in [0.717, 1.165) is 39.7 Å². The Kier molecular flexibility index (Phi) is 3.99. The Balaban J connectivity index is 2.31. The molecule has 0 aromatic carbocycles. The van der Waals surface area contributed by atoms with Crippen LogP contribution in [-0.2, 0) is 12.8 Å². The van der Waals surface area contributed by atoms with E-state index in [2.05, 4.69) is 10.1 Å². The number of aromatic nitrogens is 2. The number of carboxylic acid groups (broad SMARTS) is 1. The lowest BCUT2D eigenvalue weighted by molar-refractivity contribution is 0.0690. The zero-order valence-corrected chi connectivity index (χ0v) is 12.0. The molecule has 0 atom stereocenters. The molecule has 0 amide bonds. The van der Waals surface area contributed by atoms with Crippen LogP contribution in [0, 0.1) is 13.8 Å². The summed E-state index contributed by atoms with van der Waals surface area (Å²) in [7, 11) is 0. The quantitative estimate of drug-likeness (QED) is 0.911. The third-order valence-corrected chi connectivity index (χ3v) is 4.05. The van der Waals surface area contributed by atoms with Gasteiger partial charge in [0.15, 0.2) is 5.69 Å². The predicted octanol–water partition coefficient (Wildman–Crippen LogP) is 2.99. The molecule has 0 radical (unpaired) electrons. The molecule has 0 unspecified atom stereocenters. The number of aromatic carboxylic acids is 1. The van der Waals surface area contributed by atoms with Gasteiger partial charge in [0, 0.05) is 16.9 Å². The van der Waals surface area contributed by atoms with Gasteiger partial charge in [-0.1, -0.05) is 18.5 Å². The first kappa shape index (κ1) is 13.7. The van der Waals surface area contributed by atoms with Gasteiger partial charge in [0.25, 0.3) is 0 Å². The van der Waals surface area contributed by atoms with E-state index in [1.807, 2.05) is 20.8 Å². The first-order chi connectivity index (χ1) is 9.02. The van der Waals surface area contributed by atoms with Crippen molar-refractivity contribution in [3.63, 3.8) is 0 Å². The van der Waals surface area contributed by atoms with Crippen molar-refractivity contribution in [1.29, 1.82) is 0 Å². The van der Waals surface area contributed by atoms with Crippen molar-refractivity contribution in [2.24, 2.45) is 0 Å². The molecule has 2 aromatic rings. The van der Waals surface area contributed by atoms with Crippen LogP contribution in [-0.4, -0.2) is 21.2 Å². The zero-order valence-electron chi connectivity index (χ0n) is 11.2. The highest BCUT2D eigenvalue weighted by Gasteiger charge is 2.19. The third-order valence-electron chi connectivity index (χ3n) is 2.93. The van der Waals surface area contributed by atoms with E-state index < -0.39 is 5.97 Å². The molecule has 2 heterocycles. The third kappa shape index (κ3) is 2.84. The normalized spacial score (nSPS) is 10.9. The average Bonchev–Trinajstić information content (AvgIpc) is 2.88. The fourth-order valence-electron chi connectivity index (χ4n) is 1.95. The fourth-order valence-corrected chi connectivity index (χ4v) is 3.12. The van der Waals surface area contributed by atoms with Crippen molar-refractivity contribution in [3.05, 3.63) is 32.6 Å². The van der Waals surface area contributed by atoms with Gasteiger partial charge in [0.05, 0.1) is 10.7 Å². The van der Waals surface area contributed by atoms with Gasteiger partial charge in [-0.3, -0.25) is 0 Å². The van der Waals surface area contributed by atoms with Gasteiger partial charge in [0.2, 0.25) is 0 Å². The van der Waals surface area contributed by atoms with Crippen molar-refractivity contribution in [3.8, 4) is 0 Å². The summed E-state index contributed by atoms with van der Waals surface area (Å²) in [5.74, 6) is -0.189. The molecule has 2 aromatic heterocycles. The highest BCUT2D eigenvalue weighted by Crippen LogP contribution is 2.25. The Morgan fingerprint density at radius 2 is 2.16 bits per heavy atom. The molecule has 0 saturated heterocycles. The molecule has 1 N–H and O–H groups in total. The van der Waals surface area contributed by atoms with Gasteiger partial charge in [-0.2, -0.15) is 0 Å². The molecule has 0 aliphatic carbocycles. The highest BCUT2D eigenvalue weighted by atomic mass is 32.1. The Bertz CT molecular complexity index is 582. The second kappa shape index (κ2) is 5.52. The number of aryl methyl sites for hydroxylation is 3. The summed E-state index contributed by atoms with van der Waals surface area (Å²) in [5.41, 5.74) is 2.02. The lowest BCUT2D eigenvalue weighted by Crippen LogP contribution is -2.01. The molecule has 0 spiro atoms. The van der Waals surface area contributed by atoms with E-state index in [9.17, 15) is 4.79 Å². The molecule has 19 heavy (non-hydrogen) atoms. The van der Waals surface area contributed by atoms with E-state index in [1.165, 1.54) is 11.3 Å². The minimum Gasteiger partial charge on any atom is -0.476 e. The van der Waals surface area contributed by atoms with Crippen LogP contribution >= 0.6 is 11.3 Å². The molecule has 2 rings (SSSR count). The molecule has 0 aliphatic heterocycles. The topological polar surface area (TPSA) is 76.2 Å². The maximum atomic E-state index is 11.2. The molecular formula is C13H16N2O3S. The van der Waals surface area contributed by atoms with Crippen LogP contribution in [0.2, 0.25) is 0 Å². The van der Waals surface area contributed by atoms with Crippen molar-refractivity contribution in [2.75, 3.05) is 0 Å². The Hall–Kier alpha value is -1.69. The fraction of sp³-hybridized carbons (Fsp3) is 0.462. The van der Waals surface area contributed by atoms with Crippen LogP contribution in [0.1, 0.15) is 50.7 Å². The Morgan fingerprint density at radius 1 is 1.42 bits per heavy atom. The summed E-state index contributed by atoms with van der Waals surface area (Å²) in [6.07, 6.45) is 2.24. The van der Waals surface area contributed by atoms with Gasteiger partial charge in [-0.05, 0) is 20.3 Å². The minimum absolute atomic E-state index is 0.189. The van der Waals surface area contributed by atoms with Crippen LogP contribution in [0.5, 0.6) is 0 Å². The highest BCUT2D eigenvalue weighted by molar-refractivity contribution is 7.11. The molecule has 102 valence electrons. The second-order valence-electron chi connectivity index (χ2n) is 4.41. The maximum absolute atomic E-state index is 11.2. The predicted molar refractivity (Wildman–Crippen MR) is 71.9 cm³/mol. The van der Waals surface area contributed by atoms with Crippen LogP contribution in [0.4, 0.5) is 0 Å². The van der Waals surface area contributed by atoms with E-state index in [1.54, 1.807) is 0 Å². The van der Waals surface area contributed by atoms with Gasteiger partial charge >= 0.3 is 5.97 Å². The molecule has 5 nitrogen and oxygen atoms in total. The summed E-state index contributed by atoms with van der Waals surface area (Å²) in [5, 5.41) is 13.9. The summed E-state index contributed by atoms with van der Waals surface area (Å²) >= 11 is 1.47. The van der Waals surface area contributed by atoms with Crippen LogP contribution in [0.15, 0.2) is 4.52 Å².